The van der Waals surface area contributed by atoms with Crippen LogP contribution in [0.4, 0.5) is 19.0 Å². The molecular formula is C10H11F3N2O2. The summed E-state index contributed by atoms with van der Waals surface area (Å²) in [5, 5.41) is 0. The minimum Gasteiger partial charge on any atom is -0.466 e. The molecule has 0 aliphatic heterocycles. The fourth-order valence-electron chi connectivity index (χ4n) is 1.32. The number of hydrogen-bond acceptors (Lipinski definition) is 4. The Labute approximate surface area is 95.6 Å². The summed E-state index contributed by atoms with van der Waals surface area (Å²) >= 11 is 0. The number of rotatable bonds is 3. The van der Waals surface area contributed by atoms with E-state index in [1.165, 1.54) is 0 Å². The van der Waals surface area contributed by atoms with Crippen LogP contribution in [-0.4, -0.2) is 17.6 Å². The number of anilines is 1. The molecule has 0 spiro atoms. The molecule has 17 heavy (non-hydrogen) atoms. The fourth-order valence-corrected chi connectivity index (χ4v) is 1.32. The van der Waals surface area contributed by atoms with Crippen molar-refractivity contribution in [3.8, 4) is 0 Å². The van der Waals surface area contributed by atoms with Crippen molar-refractivity contribution in [3.05, 3.63) is 23.4 Å². The van der Waals surface area contributed by atoms with Gasteiger partial charge in [0.1, 0.15) is 5.82 Å². The number of nitrogen functional groups attached to an aromatic ring is 1. The topological polar surface area (TPSA) is 65.2 Å². The first-order valence-electron chi connectivity index (χ1n) is 4.82. The number of ether oxygens (including phenoxy) is 1. The molecule has 1 heterocycles. The van der Waals surface area contributed by atoms with Crippen LogP contribution in [0, 0.1) is 0 Å². The van der Waals surface area contributed by atoms with Crippen molar-refractivity contribution in [2.45, 2.75) is 19.5 Å². The largest absolute Gasteiger partial charge is 0.466 e. The molecule has 0 radical (unpaired) electrons. The number of carbonyl (C=O) groups excluding carboxylic acids is 1. The van der Waals surface area contributed by atoms with E-state index in [0.29, 0.717) is 0 Å². The number of aromatic nitrogens is 1. The molecule has 0 aliphatic carbocycles. The molecule has 0 aliphatic rings. The normalized spacial score (nSPS) is 11.3. The quantitative estimate of drug-likeness (QED) is 0.828. The van der Waals surface area contributed by atoms with Crippen LogP contribution in [0.1, 0.15) is 18.1 Å². The Balaban J connectivity index is 3.09. The van der Waals surface area contributed by atoms with Crippen molar-refractivity contribution in [1.82, 2.24) is 4.98 Å². The Hall–Kier alpha value is -1.79. The summed E-state index contributed by atoms with van der Waals surface area (Å²) in [5.74, 6) is -1.08. The van der Waals surface area contributed by atoms with Gasteiger partial charge in [-0.15, -0.1) is 0 Å². The zero-order valence-corrected chi connectivity index (χ0v) is 9.04. The molecule has 0 fully saturated rings. The molecule has 94 valence electrons. The molecule has 4 nitrogen and oxygen atoms in total. The molecule has 1 aromatic heterocycles. The maximum absolute atomic E-state index is 12.6. The lowest BCUT2D eigenvalue weighted by Gasteiger charge is -2.13. The molecular weight excluding hydrogens is 237 g/mol. The van der Waals surface area contributed by atoms with E-state index in [0.717, 1.165) is 12.3 Å². The van der Waals surface area contributed by atoms with Gasteiger partial charge in [0, 0.05) is 11.8 Å². The third kappa shape index (κ3) is 3.33. The van der Waals surface area contributed by atoms with E-state index in [2.05, 4.69) is 9.72 Å². The Kier molecular flexibility index (Phi) is 3.93. The van der Waals surface area contributed by atoms with Crippen molar-refractivity contribution in [3.63, 3.8) is 0 Å². The lowest BCUT2D eigenvalue weighted by Crippen LogP contribution is -2.16. The van der Waals surface area contributed by atoms with Crippen LogP contribution in [0.5, 0.6) is 0 Å². The van der Waals surface area contributed by atoms with Gasteiger partial charge in [-0.05, 0) is 13.0 Å². The van der Waals surface area contributed by atoms with Gasteiger partial charge in [0.2, 0.25) is 0 Å². The van der Waals surface area contributed by atoms with Gasteiger partial charge in [-0.1, -0.05) is 0 Å². The van der Waals surface area contributed by atoms with E-state index in [9.17, 15) is 18.0 Å². The molecule has 0 saturated heterocycles. The molecule has 1 aromatic rings. The Morgan fingerprint density at radius 1 is 1.53 bits per heavy atom. The first kappa shape index (κ1) is 13.3. The smallest absolute Gasteiger partial charge is 0.416 e. The number of pyridine rings is 1. The van der Waals surface area contributed by atoms with Crippen LogP contribution in [0.15, 0.2) is 12.3 Å². The summed E-state index contributed by atoms with van der Waals surface area (Å²) in [7, 11) is 0. The average Bonchev–Trinajstić information content (AvgIpc) is 2.19. The first-order valence-corrected chi connectivity index (χ1v) is 4.82. The highest BCUT2D eigenvalue weighted by Gasteiger charge is 2.35. The monoisotopic (exact) mass is 248 g/mol. The van der Waals surface area contributed by atoms with Crippen molar-refractivity contribution in [2.24, 2.45) is 0 Å². The van der Waals surface area contributed by atoms with Crippen molar-refractivity contribution < 1.29 is 22.7 Å². The highest BCUT2D eigenvalue weighted by Crippen LogP contribution is 2.33. The van der Waals surface area contributed by atoms with E-state index in [1.807, 2.05) is 0 Å². The summed E-state index contributed by atoms with van der Waals surface area (Å²) in [6.07, 6.45) is -4.16. The molecule has 0 saturated carbocycles. The number of alkyl halides is 3. The second kappa shape index (κ2) is 5.03. The van der Waals surface area contributed by atoms with Crippen LogP contribution in [0.25, 0.3) is 0 Å². The molecule has 0 bridgehead atoms. The predicted molar refractivity (Wildman–Crippen MR) is 54.0 cm³/mol. The van der Waals surface area contributed by atoms with Gasteiger partial charge in [0.05, 0.1) is 18.6 Å². The fraction of sp³-hybridized carbons (Fsp3) is 0.400. The van der Waals surface area contributed by atoms with E-state index in [4.69, 9.17) is 5.73 Å². The summed E-state index contributed by atoms with van der Waals surface area (Å²) in [6.45, 7) is 1.66. The van der Waals surface area contributed by atoms with Crippen molar-refractivity contribution in [1.29, 1.82) is 0 Å². The number of nitrogens with zero attached hydrogens (tertiary/aromatic N) is 1. The van der Waals surface area contributed by atoms with Gasteiger partial charge >= 0.3 is 12.1 Å². The zero-order valence-electron chi connectivity index (χ0n) is 9.04. The minimum absolute atomic E-state index is 0.0976. The minimum atomic E-state index is -4.57. The van der Waals surface area contributed by atoms with Gasteiger partial charge in [-0.2, -0.15) is 13.2 Å². The standard InChI is InChI=1S/C10H11F3N2O2/c1-2-17-8(16)5-6-7(10(11,12)13)3-4-15-9(6)14/h3-4H,2,5H2,1H3,(H2,14,15). The number of halogens is 3. The lowest BCUT2D eigenvalue weighted by molar-refractivity contribution is -0.143. The van der Waals surface area contributed by atoms with Crippen LogP contribution < -0.4 is 5.73 Å². The van der Waals surface area contributed by atoms with Gasteiger partial charge in [0.15, 0.2) is 0 Å². The molecule has 0 aromatic carbocycles. The van der Waals surface area contributed by atoms with Crippen molar-refractivity contribution in [2.75, 3.05) is 12.3 Å². The maximum atomic E-state index is 12.6. The summed E-state index contributed by atoms with van der Waals surface area (Å²) in [4.78, 5) is 14.7. The third-order valence-electron chi connectivity index (χ3n) is 2.02. The second-order valence-corrected chi connectivity index (χ2v) is 3.20. The molecule has 0 atom stereocenters. The SMILES string of the molecule is CCOC(=O)Cc1c(C(F)(F)F)ccnc1N. The second-order valence-electron chi connectivity index (χ2n) is 3.20. The highest BCUT2D eigenvalue weighted by molar-refractivity contribution is 5.75. The van der Waals surface area contributed by atoms with Gasteiger partial charge in [-0.25, -0.2) is 4.98 Å². The summed E-state index contributed by atoms with van der Waals surface area (Å²) in [5.41, 5.74) is 4.03. The zero-order chi connectivity index (χ0) is 13.1. The average molecular weight is 248 g/mol. The Morgan fingerprint density at radius 2 is 2.18 bits per heavy atom. The molecule has 0 unspecified atom stereocenters. The number of hydrogen-bond donors (Lipinski definition) is 1. The molecule has 0 amide bonds. The van der Waals surface area contributed by atoms with E-state index in [1.54, 1.807) is 6.92 Å². The van der Waals surface area contributed by atoms with E-state index in [-0.39, 0.29) is 18.0 Å². The van der Waals surface area contributed by atoms with E-state index >= 15 is 0 Å². The third-order valence-corrected chi connectivity index (χ3v) is 2.02. The Morgan fingerprint density at radius 3 is 2.71 bits per heavy atom. The summed E-state index contributed by atoms with van der Waals surface area (Å²) in [6, 6.07) is 0.783. The molecule has 2 N–H and O–H groups in total. The van der Waals surface area contributed by atoms with Crippen molar-refractivity contribution >= 4 is 11.8 Å². The molecule has 7 heteroatoms. The maximum Gasteiger partial charge on any atom is 0.416 e. The highest BCUT2D eigenvalue weighted by atomic mass is 19.4. The summed E-state index contributed by atoms with van der Waals surface area (Å²) < 4.78 is 42.5. The number of nitrogens with two attached hydrogens (primary N) is 1. The number of carbonyl (C=O) groups is 1. The first-order chi connectivity index (χ1) is 7.86. The molecule has 1 rings (SSSR count). The van der Waals surface area contributed by atoms with Crippen LogP contribution in [0.3, 0.4) is 0 Å². The number of esters is 1. The van der Waals surface area contributed by atoms with Crippen LogP contribution >= 0.6 is 0 Å². The van der Waals surface area contributed by atoms with Gasteiger partial charge in [-0.3, -0.25) is 4.79 Å². The van der Waals surface area contributed by atoms with E-state index < -0.39 is 24.1 Å². The Bertz CT molecular complexity index is 419. The van der Waals surface area contributed by atoms with Crippen LogP contribution in [-0.2, 0) is 22.1 Å². The predicted octanol–water partition coefficient (Wildman–Crippen LogP) is 1.79. The van der Waals surface area contributed by atoms with Gasteiger partial charge in [0.25, 0.3) is 0 Å². The lowest BCUT2D eigenvalue weighted by atomic mass is 10.1. The van der Waals surface area contributed by atoms with Gasteiger partial charge < -0.3 is 10.5 Å². The van der Waals surface area contributed by atoms with Crippen LogP contribution in [0.2, 0.25) is 0 Å².